The maximum absolute atomic E-state index is 4.29. The molecule has 4 nitrogen and oxygen atoms in total. The average molecular weight is 216 g/mol. The van der Waals surface area contributed by atoms with Gasteiger partial charge in [0.15, 0.2) is 0 Å². The third kappa shape index (κ3) is 1.91. The Hall–Kier alpha value is -1.84. The molecule has 2 rings (SSSR count). The van der Waals surface area contributed by atoms with Gasteiger partial charge in [-0.05, 0) is 19.9 Å². The molecule has 0 amide bonds. The van der Waals surface area contributed by atoms with E-state index in [-0.39, 0.29) is 0 Å². The molecule has 0 spiro atoms. The standard InChI is InChI=1S/C12H16N4/c1-9-10(2)16(8-15-9)7-11-5-4-6-14-12(11)13-3/h4-6,8H,7H2,1-3H3,(H,13,14). The van der Waals surface area contributed by atoms with Gasteiger partial charge in [-0.3, -0.25) is 0 Å². The minimum atomic E-state index is 0.802. The van der Waals surface area contributed by atoms with Crippen LogP contribution in [-0.4, -0.2) is 21.6 Å². The number of aromatic nitrogens is 3. The molecule has 16 heavy (non-hydrogen) atoms. The van der Waals surface area contributed by atoms with Crippen LogP contribution in [0.2, 0.25) is 0 Å². The largest absolute Gasteiger partial charge is 0.373 e. The number of hydrogen-bond donors (Lipinski definition) is 1. The molecule has 2 heterocycles. The maximum atomic E-state index is 4.29. The highest BCUT2D eigenvalue weighted by Gasteiger charge is 2.05. The van der Waals surface area contributed by atoms with Gasteiger partial charge in [-0.2, -0.15) is 0 Å². The fourth-order valence-corrected chi connectivity index (χ4v) is 1.68. The first-order valence-corrected chi connectivity index (χ1v) is 5.32. The van der Waals surface area contributed by atoms with Crippen LogP contribution in [0.15, 0.2) is 24.7 Å². The van der Waals surface area contributed by atoms with Gasteiger partial charge in [-0.1, -0.05) is 6.07 Å². The smallest absolute Gasteiger partial charge is 0.130 e. The van der Waals surface area contributed by atoms with Crippen molar-refractivity contribution in [3.63, 3.8) is 0 Å². The van der Waals surface area contributed by atoms with Crippen LogP contribution in [0.1, 0.15) is 17.0 Å². The quantitative estimate of drug-likeness (QED) is 0.853. The zero-order valence-corrected chi connectivity index (χ0v) is 9.86. The van der Waals surface area contributed by atoms with Gasteiger partial charge < -0.3 is 9.88 Å². The van der Waals surface area contributed by atoms with Crippen LogP contribution in [0.5, 0.6) is 0 Å². The monoisotopic (exact) mass is 216 g/mol. The van der Waals surface area contributed by atoms with Crippen LogP contribution in [0.3, 0.4) is 0 Å². The first-order valence-electron chi connectivity index (χ1n) is 5.32. The van der Waals surface area contributed by atoms with Gasteiger partial charge >= 0.3 is 0 Å². The lowest BCUT2D eigenvalue weighted by molar-refractivity contribution is 0.767. The van der Waals surface area contributed by atoms with Crippen LogP contribution in [0, 0.1) is 13.8 Å². The maximum Gasteiger partial charge on any atom is 0.130 e. The van der Waals surface area contributed by atoms with Gasteiger partial charge in [0, 0.05) is 24.5 Å². The number of imidazole rings is 1. The highest BCUT2D eigenvalue weighted by molar-refractivity contribution is 5.43. The third-order valence-electron chi connectivity index (χ3n) is 2.81. The van der Waals surface area contributed by atoms with Crippen molar-refractivity contribution in [2.24, 2.45) is 0 Å². The molecular weight excluding hydrogens is 200 g/mol. The number of pyridine rings is 1. The van der Waals surface area contributed by atoms with Crippen LogP contribution in [0.4, 0.5) is 5.82 Å². The predicted octanol–water partition coefficient (Wildman–Crippen LogP) is 1.98. The van der Waals surface area contributed by atoms with E-state index in [1.54, 1.807) is 6.20 Å². The lowest BCUT2D eigenvalue weighted by Gasteiger charge is -2.09. The fourth-order valence-electron chi connectivity index (χ4n) is 1.68. The Morgan fingerprint density at radius 3 is 2.75 bits per heavy atom. The van der Waals surface area contributed by atoms with E-state index in [2.05, 4.69) is 32.8 Å². The van der Waals surface area contributed by atoms with Crippen molar-refractivity contribution < 1.29 is 0 Å². The summed E-state index contributed by atoms with van der Waals surface area (Å²) in [5, 5.41) is 3.10. The average Bonchev–Trinajstić information content (AvgIpc) is 2.62. The summed E-state index contributed by atoms with van der Waals surface area (Å²) in [7, 11) is 1.89. The first-order chi connectivity index (χ1) is 7.72. The lowest BCUT2D eigenvalue weighted by Crippen LogP contribution is -2.05. The van der Waals surface area contributed by atoms with Crippen molar-refractivity contribution in [3.8, 4) is 0 Å². The van der Waals surface area contributed by atoms with Crippen LogP contribution in [-0.2, 0) is 6.54 Å². The summed E-state index contributed by atoms with van der Waals surface area (Å²) < 4.78 is 2.13. The molecule has 0 bridgehead atoms. The number of anilines is 1. The van der Waals surface area contributed by atoms with E-state index >= 15 is 0 Å². The van der Waals surface area contributed by atoms with Crippen LogP contribution >= 0.6 is 0 Å². The second-order valence-corrected chi connectivity index (χ2v) is 3.80. The van der Waals surface area contributed by atoms with E-state index in [9.17, 15) is 0 Å². The Kier molecular flexibility index (Phi) is 2.90. The zero-order chi connectivity index (χ0) is 11.5. The molecular formula is C12H16N4. The van der Waals surface area contributed by atoms with Crippen molar-refractivity contribution in [2.45, 2.75) is 20.4 Å². The molecule has 0 saturated carbocycles. The molecule has 0 aromatic carbocycles. The second-order valence-electron chi connectivity index (χ2n) is 3.80. The van der Waals surface area contributed by atoms with E-state index in [1.165, 1.54) is 11.3 Å². The lowest BCUT2D eigenvalue weighted by atomic mass is 10.2. The topological polar surface area (TPSA) is 42.7 Å². The van der Waals surface area contributed by atoms with Crippen molar-refractivity contribution in [1.82, 2.24) is 14.5 Å². The third-order valence-corrected chi connectivity index (χ3v) is 2.81. The van der Waals surface area contributed by atoms with E-state index in [4.69, 9.17) is 0 Å². The summed E-state index contributed by atoms with van der Waals surface area (Å²) in [4.78, 5) is 8.57. The number of nitrogens with zero attached hydrogens (tertiary/aromatic N) is 3. The van der Waals surface area contributed by atoms with Crippen LogP contribution in [0.25, 0.3) is 0 Å². The van der Waals surface area contributed by atoms with Gasteiger partial charge in [0.05, 0.1) is 18.6 Å². The number of hydrogen-bond acceptors (Lipinski definition) is 3. The minimum Gasteiger partial charge on any atom is -0.373 e. The van der Waals surface area contributed by atoms with Gasteiger partial charge in [-0.15, -0.1) is 0 Å². The molecule has 0 aliphatic carbocycles. The minimum absolute atomic E-state index is 0.802. The van der Waals surface area contributed by atoms with E-state index in [1.807, 2.05) is 26.4 Å². The Labute approximate surface area is 95.4 Å². The molecule has 84 valence electrons. The summed E-state index contributed by atoms with van der Waals surface area (Å²) in [6, 6.07) is 4.03. The van der Waals surface area contributed by atoms with Gasteiger partial charge in [-0.25, -0.2) is 9.97 Å². The molecule has 2 aromatic rings. The predicted molar refractivity (Wildman–Crippen MR) is 64.6 cm³/mol. The normalized spacial score (nSPS) is 10.4. The van der Waals surface area contributed by atoms with Crippen molar-refractivity contribution in [3.05, 3.63) is 41.6 Å². The Bertz CT molecular complexity index is 488. The van der Waals surface area contributed by atoms with E-state index in [0.29, 0.717) is 0 Å². The molecule has 0 saturated heterocycles. The Morgan fingerprint density at radius 2 is 2.12 bits per heavy atom. The van der Waals surface area contributed by atoms with Crippen molar-refractivity contribution in [2.75, 3.05) is 12.4 Å². The summed E-state index contributed by atoms with van der Waals surface area (Å²) in [6.45, 7) is 4.91. The molecule has 2 aromatic heterocycles. The fraction of sp³-hybridized carbons (Fsp3) is 0.333. The number of nitrogens with one attached hydrogen (secondary N) is 1. The zero-order valence-electron chi connectivity index (χ0n) is 9.86. The number of rotatable bonds is 3. The van der Waals surface area contributed by atoms with E-state index in [0.717, 1.165) is 18.1 Å². The molecule has 1 N–H and O–H groups in total. The van der Waals surface area contributed by atoms with Gasteiger partial charge in [0.2, 0.25) is 0 Å². The van der Waals surface area contributed by atoms with Gasteiger partial charge in [0.25, 0.3) is 0 Å². The molecule has 0 fully saturated rings. The van der Waals surface area contributed by atoms with Gasteiger partial charge in [0.1, 0.15) is 5.82 Å². The molecule has 0 radical (unpaired) electrons. The molecule has 0 aliphatic rings. The van der Waals surface area contributed by atoms with Crippen molar-refractivity contribution >= 4 is 5.82 Å². The van der Waals surface area contributed by atoms with Crippen molar-refractivity contribution in [1.29, 1.82) is 0 Å². The van der Waals surface area contributed by atoms with E-state index < -0.39 is 0 Å². The first kappa shape index (κ1) is 10.7. The summed E-state index contributed by atoms with van der Waals surface area (Å²) in [6.07, 6.45) is 3.67. The SMILES string of the molecule is CNc1ncccc1Cn1cnc(C)c1C. The summed E-state index contributed by atoms with van der Waals surface area (Å²) in [5.41, 5.74) is 3.45. The Morgan fingerprint density at radius 1 is 1.31 bits per heavy atom. The molecule has 4 heteroatoms. The highest BCUT2D eigenvalue weighted by atomic mass is 15.1. The summed E-state index contributed by atoms with van der Waals surface area (Å²) >= 11 is 0. The Balaban J connectivity index is 2.30. The van der Waals surface area contributed by atoms with Crippen LogP contribution < -0.4 is 5.32 Å². The highest BCUT2D eigenvalue weighted by Crippen LogP contribution is 2.14. The number of aryl methyl sites for hydroxylation is 1. The summed E-state index contributed by atoms with van der Waals surface area (Å²) in [5.74, 6) is 0.924. The molecule has 0 aliphatic heterocycles. The molecule has 0 unspecified atom stereocenters. The second kappa shape index (κ2) is 4.35. The molecule has 0 atom stereocenters.